The molecular weight excluding hydrogens is 1550 g/mol. The second kappa shape index (κ2) is 27.6. The minimum Gasteiger partial charge on any atom is -0.355 e. The summed E-state index contributed by atoms with van der Waals surface area (Å²) in [5.74, 6) is 6.74. The van der Waals surface area contributed by atoms with E-state index in [1.165, 1.54) is 214 Å². The molecule has 8 saturated carbocycles. The van der Waals surface area contributed by atoms with Gasteiger partial charge in [-0.05, 0) is 298 Å². The van der Waals surface area contributed by atoms with E-state index in [2.05, 4.69) is 424 Å². The lowest BCUT2D eigenvalue weighted by atomic mass is 9.41. The van der Waals surface area contributed by atoms with E-state index < -0.39 is 5.41 Å². The van der Waals surface area contributed by atoms with Crippen LogP contribution in [0.2, 0.25) is 0 Å². The Morgan fingerprint density at radius 2 is 0.569 bits per heavy atom. The summed E-state index contributed by atoms with van der Waals surface area (Å²) >= 11 is 3.67. The quantitative estimate of drug-likeness (QED) is 0.172. The number of fused-ring (bicyclic) bond motifs is 16. The average molecular weight is 1650 g/mol. The largest absolute Gasteiger partial charge is 0.355 e. The molecule has 0 saturated heterocycles. The van der Waals surface area contributed by atoms with Gasteiger partial charge < -0.3 is 19.4 Å². The lowest BCUT2D eigenvalue weighted by Gasteiger charge is -2.64. The molecule has 2 aliphatic heterocycles. The van der Waals surface area contributed by atoms with Crippen LogP contribution in [0.5, 0.6) is 0 Å². The third kappa shape index (κ3) is 10.2. The summed E-state index contributed by atoms with van der Waals surface area (Å²) in [7, 11) is 0. The Labute approximate surface area is 728 Å². The molecule has 2 spiro atoms. The fraction of sp³-hybridized carbons (Fsp3) is 0.186. The molecular formula is C118H93BrN4. The Bertz CT molecular complexity index is 7040. The number of nitrogens with one attached hydrogen (secondary N) is 1. The molecule has 4 heterocycles. The van der Waals surface area contributed by atoms with E-state index in [4.69, 9.17) is 0 Å². The number of nitrogens with zero attached hydrogens (tertiary/aromatic N) is 3. The number of para-hydroxylation sites is 6. The van der Waals surface area contributed by atoms with Gasteiger partial charge in [-0.15, -0.1) is 0 Å². The maximum atomic E-state index is 3.67. The van der Waals surface area contributed by atoms with Crippen LogP contribution in [0.15, 0.2) is 393 Å². The lowest BCUT2D eigenvalue weighted by Crippen LogP contribution is -2.57. The van der Waals surface area contributed by atoms with Crippen molar-refractivity contribution in [2.75, 3.05) is 9.80 Å². The van der Waals surface area contributed by atoms with Crippen molar-refractivity contribution in [1.29, 1.82) is 0 Å². The van der Waals surface area contributed by atoms with Crippen molar-refractivity contribution in [1.82, 2.24) is 9.55 Å². The van der Waals surface area contributed by atoms with Crippen molar-refractivity contribution in [3.8, 4) is 27.9 Å². The molecule has 0 atom stereocenters. The van der Waals surface area contributed by atoms with Gasteiger partial charge in [0.05, 0.1) is 44.6 Å². The summed E-state index contributed by atoms with van der Waals surface area (Å²) in [5.41, 5.74) is 35.7. The molecule has 0 radical (unpaired) electrons. The van der Waals surface area contributed by atoms with E-state index in [1.807, 2.05) is 0 Å². The zero-order valence-electron chi connectivity index (χ0n) is 68.9. The van der Waals surface area contributed by atoms with Gasteiger partial charge >= 0.3 is 0 Å². The van der Waals surface area contributed by atoms with Crippen LogP contribution >= 0.6 is 15.9 Å². The van der Waals surface area contributed by atoms with E-state index in [1.54, 1.807) is 22.3 Å². The van der Waals surface area contributed by atoms with E-state index in [0.717, 1.165) is 51.8 Å². The zero-order valence-corrected chi connectivity index (χ0v) is 70.4. The maximum absolute atomic E-state index is 3.67. The standard InChI is InChI=1S/C59H46N2.C34H30N2.C25H17Br/c1-3-15-40(16-4-1)58(41-17-5-2-6-18-41)50-21-9-7-19-46(50)48-36-44(27-29-51(48)58)60-54-24-12-8-20-47(54)49-37-45(28-30-55(49)60)61-56-25-13-10-22-52(56)59(53-23-11-14-26-57(53)61)42-32-38-31-39(34-42)35-43(59)33-38;1-4-10-30-26(7-1)27-20-25(13-14-31(27)35-30)36-32-11-5-2-8-28(32)34(29-9-3-6-12-33(29)36)23-16-21-15-22(18-23)19-24(34)17-21;26-20-15-16-24-22(17-20)21-13-7-8-14-23(21)25(24,18-9-3-1-4-10-18)19-11-5-2-6-12-19/h1-30,36-39,42-43H,31-35H2;1-14,20-24,35H,15-19H2;1-17H. The number of H-pyrrole nitrogens is 1. The summed E-state index contributed by atoms with van der Waals surface area (Å²) in [5, 5.41) is 5.15. The summed E-state index contributed by atoms with van der Waals surface area (Å²) in [6, 6.07) is 145. The molecule has 10 aliphatic carbocycles. The van der Waals surface area contributed by atoms with Gasteiger partial charge in [-0.2, -0.15) is 0 Å². The van der Waals surface area contributed by atoms with Crippen LogP contribution in [0.1, 0.15) is 131 Å². The smallest absolute Gasteiger partial charge is 0.0713 e. The Balaban J connectivity index is 0.000000110. The second-order valence-electron chi connectivity index (χ2n) is 37.5. The Morgan fingerprint density at radius 3 is 1.03 bits per heavy atom. The van der Waals surface area contributed by atoms with Crippen LogP contribution < -0.4 is 9.80 Å². The molecule has 12 aliphatic rings. The third-order valence-electron chi connectivity index (χ3n) is 32.0. The fourth-order valence-corrected chi connectivity index (χ4v) is 28.5. The number of benzene rings is 16. The number of aromatic nitrogens is 2. The molecule has 30 rings (SSSR count). The molecule has 8 fully saturated rings. The highest BCUT2D eigenvalue weighted by molar-refractivity contribution is 9.10. The molecule has 4 nitrogen and oxygen atoms in total. The lowest BCUT2D eigenvalue weighted by molar-refractivity contribution is -0.0419. The normalized spacial score (nSPS) is 21.8. The monoisotopic (exact) mass is 1640 g/mol. The van der Waals surface area contributed by atoms with Crippen molar-refractivity contribution in [2.24, 2.45) is 47.3 Å². The predicted octanol–water partition coefficient (Wildman–Crippen LogP) is 30.3. The molecule has 123 heavy (non-hydrogen) atoms. The van der Waals surface area contributed by atoms with Crippen LogP contribution in [0.3, 0.4) is 0 Å². The summed E-state index contributed by atoms with van der Waals surface area (Å²) in [6.45, 7) is 0. The highest BCUT2D eigenvalue weighted by Gasteiger charge is 2.63. The number of rotatable bonds is 7. The average Bonchev–Trinajstić information content (AvgIpc) is 1.66. The molecule has 2 aromatic heterocycles. The van der Waals surface area contributed by atoms with Crippen molar-refractivity contribution < 1.29 is 0 Å². The first-order valence-corrected chi connectivity index (χ1v) is 46.0. The first-order chi connectivity index (χ1) is 60.8. The molecule has 5 heteroatoms. The van der Waals surface area contributed by atoms with Crippen molar-refractivity contribution in [2.45, 2.75) is 85.9 Å². The van der Waals surface area contributed by atoms with Crippen LogP contribution in [-0.4, -0.2) is 9.55 Å². The molecule has 0 amide bonds. The number of halogens is 1. The van der Waals surface area contributed by atoms with E-state index in [9.17, 15) is 0 Å². The van der Waals surface area contributed by atoms with Gasteiger partial charge in [0, 0.05) is 64.9 Å². The van der Waals surface area contributed by atoms with E-state index in [0.29, 0.717) is 0 Å². The fourth-order valence-electron chi connectivity index (χ4n) is 28.1. The first-order valence-electron chi connectivity index (χ1n) is 45.2. The molecule has 18 aromatic rings. The summed E-state index contributed by atoms with van der Waals surface area (Å²) in [4.78, 5) is 8.77. The first kappa shape index (κ1) is 71.9. The van der Waals surface area contributed by atoms with Crippen molar-refractivity contribution >= 4 is 93.7 Å². The van der Waals surface area contributed by atoms with E-state index in [-0.39, 0.29) is 16.2 Å². The van der Waals surface area contributed by atoms with Gasteiger partial charge in [0.15, 0.2) is 0 Å². The molecule has 0 unspecified atom stereocenters. The zero-order chi connectivity index (χ0) is 80.9. The van der Waals surface area contributed by atoms with E-state index >= 15 is 0 Å². The number of anilines is 6. The second-order valence-corrected chi connectivity index (χ2v) is 38.4. The maximum Gasteiger partial charge on any atom is 0.0713 e. The number of hydrogen-bond acceptors (Lipinski definition) is 2. The molecule has 8 bridgehead atoms. The summed E-state index contributed by atoms with van der Waals surface area (Å²) in [6.07, 6.45) is 14.1. The van der Waals surface area contributed by atoms with Crippen LogP contribution in [0.25, 0.3) is 71.6 Å². The van der Waals surface area contributed by atoms with Gasteiger partial charge in [0.2, 0.25) is 0 Å². The SMILES string of the molecule is Brc1ccc2c(c1)-c1ccccc1C2(c1ccccc1)c1ccccc1.c1ccc(C2(c3ccccc3)c3ccccc3-c3cc(-n4c5ccccc5c5cc(N6c7ccccc7C7(c8ccccc86)C6CC8CC(C6)CC7C8)ccc54)ccc32)cc1.c1ccc2c(c1)N(c1ccc3[nH]c4ccccc4c3c1)c1ccccc1C21C2CC3CC(C2)CC1C3. The van der Waals surface area contributed by atoms with Gasteiger partial charge in [-0.1, -0.05) is 307 Å². The highest BCUT2D eigenvalue weighted by Crippen LogP contribution is 2.72. The summed E-state index contributed by atoms with van der Waals surface area (Å²) < 4.78 is 3.62. The van der Waals surface area contributed by atoms with Gasteiger partial charge in [0.25, 0.3) is 0 Å². The minimum atomic E-state index is -0.418. The van der Waals surface area contributed by atoms with Crippen molar-refractivity contribution in [3.63, 3.8) is 0 Å². The Hall–Kier alpha value is -12.8. The molecule has 1 N–H and O–H groups in total. The topological polar surface area (TPSA) is 27.2 Å². The van der Waals surface area contributed by atoms with Crippen LogP contribution in [-0.2, 0) is 21.7 Å². The minimum absolute atomic E-state index is 0.0992. The van der Waals surface area contributed by atoms with Crippen molar-refractivity contribution in [3.05, 3.63) is 459 Å². The number of hydrogen-bond donors (Lipinski definition) is 1. The Morgan fingerprint density at radius 1 is 0.236 bits per heavy atom. The molecule has 16 aromatic carbocycles. The van der Waals surface area contributed by atoms with Gasteiger partial charge in [0.1, 0.15) is 0 Å². The predicted molar refractivity (Wildman–Crippen MR) is 510 cm³/mol. The third-order valence-corrected chi connectivity index (χ3v) is 32.5. The highest BCUT2D eigenvalue weighted by atomic mass is 79.9. The van der Waals surface area contributed by atoms with Gasteiger partial charge in [-0.25, -0.2) is 0 Å². The number of aromatic amines is 1. The van der Waals surface area contributed by atoms with Crippen LogP contribution in [0.4, 0.5) is 34.1 Å². The molecule has 592 valence electrons. The Kier molecular flexibility index (Phi) is 16.1. The van der Waals surface area contributed by atoms with Gasteiger partial charge in [-0.3, -0.25) is 0 Å². The van der Waals surface area contributed by atoms with Crippen LogP contribution in [0, 0.1) is 47.3 Å².